The van der Waals surface area contributed by atoms with Gasteiger partial charge in [0.05, 0.1) is 11.4 Å². The standard InChI is InChI=1S/C16H12BrF4NOS/c1-8(15-11(19)3-2-4-12(15)20)24-7-14(23)22-16-10(17)5-9(18)6-13(16)21/h2-6,8H,7H2,1H3,(H,22,23). The lowest BCUT2D eigenvalue weighted by molar-refractivity contribution is -0.113. The lowest BCUT2D eigenvalue weighted by Crippen LogP contribution is -2.16. The molecule has 2 nitrogen and oxygen atoms in total. The van der Waals surface area contributed by atoms with E-state index in [0.717, 1.165) is 30.0 Å². The molecule has 1 amide bonds. The Morgan fingerprint density at radius 1 is 1.17 bits per heavy atom. The summed E-state index contributed by atoms with van der Waals surface area (Å²) in [6, 6.07) is 5.20. The van der Waals surface area contributed by atoms with Crippen LogP contribution in [0.15, 0.2) is 34.8 Å². The van der Waals surface area contributed by atoms with E-state index in [9.17, 15) is 22.4 Å². The molecule has 0 aliphatic rings. The van der Waals surface area contributed by atoms with E-state index in [1.54, 1.807) is 6.92 Å². The van der Waals surface area contributed by atoms with Crippen LogP contribution in [0.25, 0.3) is 0 Å². The van der Waals surface area contributed by atoms with Crippen LogP contribution in [0.2, 0.25) is 0 Å². The molecule has 8 heteroatoms. The van der Waals surface area contributed by atoms with Gasteiger partial charge >= 0.3 is 0 Å². The lowest BCUT2D eigenvalue weighted by Gasteiger charge is -2.14. The highest BCUT2D eigenvalue weighted by atomic mass is 79.9. The Balaban J connectivity index is 2.01. The molecule has 0 aliphatic heterocycles. The largest absolute Gasteiger partial charge is 0.322 e. The Bertz CT molecular complexity index is 728. The van der Waals surface area contributed by atoms with Gasteiger partial charge in [-0.2, -0.15) is 0 Å². The molecule has 0 saturated carbocycles. The van der Waals surface area contributed by atoms with Crippen LogP contribution in [0.3, 0.4) is 0 Å². The van der Waals surface area contributed by atoms with Crippen LogP contribution in [-0.2, 0) is 4.79 Å². The molecule has 0 bridgehead atoms. The number of amides is 1. The SMILES string of the molecule is CC(SCC(=O)Nc1c(F)cc(F)cc1Br)c1c(F)cccc1F. The number of carbonyl (C=O) groups is 1. The number of benzene rings is 2. The first-order valence-electron chi connectivity index (χ1n) is 6.79. The fraction of sp³-hybridized carbons (Fsp3) is 0.188. The molecule has 0 spiro atoms. The number of carbonyl (C=O) groups excluding carboxylic acids is 1. The zero-order valence-corrected chi connectivity index (χ0v) is 14.8. The van der Waals surface area contributed by atoms with Crippen LogP contribution in [0, 0.1) is 23.3 Å². The number of thioether (sulfide) groups is 1. The predicted molar refractivity (Wildman–Crippen MR) is 89.9 cm³/mol. The fourth-order valence-corrected chi connectivity index (χ4v) is 3.39. The van der Waals surface area contributed by atoms with Crippen LogP contribution < -0.4 is 5.32 Å². The third kappa shape index (κ3) is 4.51. The summed E-state index contributed by atoms with van der Waals surface area (Å²) in [5, 5.41) is 1.69. The summed E-state index contributed by atoms with van der Waals surface area (Å²) in [6.07, 6.45) is 0. The van der Waals surface area contributed by atoms with Gasteiger partial charge in [-0.3, -0.25) is 4.79 Å². The number of hydrogen-bond donors (Lipinski definition) is 1. The van der Waals surface area contributed by atoms with Crippen LogP contribution in [0.4, 0.5) is 23.2 Å². The maximum Gasteiger partial charge on any atom is 0.234 e. The van der Waals surface area contributed by atoms with Gasteiger partial charge in [0, 0.05) is 21.4 Å². The van der Waals surface area contributed by atoms with E-state index in [4.69, 9.17) is 0 Å². The zero-order valence-electron chi connectivity index (χ0n) is 12.4. The van der Waals surface area contributed by atoms with Crippen molar-refractivity contribution >= 4 is 39.3 Å². The van der Waals surface area contributed by atoms with Crippen LogP contribution in [0.1, 0.15) is 17.7 Å². The van der Waals surface area contributed by atoms with Gasteiger partial charge in [-0.15, -0.1) is 11.8 Å². The Hall–Kier alpha value is -1.54. The summed E-state index contributed by atoms with van der Waals surface area (Å²) in [6.45, 7) is 1.56. The molecule has 0 aliphatic carbocycles. The van der Waals surface area contributed by atoms with Crippen molar-refractivity contribution in [2.75, 3.05) is 11.1 Å². The second-order valence-corrected chi connectivity index (χ2v) is 7.06. The average molecular weight is 422 g/mol. The number of hydrogen-bond acceptors (Lipinski definition) is 2. The molecule has 1 unspecified atom stereocenters. The molecule has 2 aromatic carbocycles. The first-order valence-corrected chi connectivity index (χ1v) is 8.63. The smallest absolute Gasteiger partial charge is 0.234 e. The first-order chi connectivity index (χ1) is 11.3. The summed E-state index contributed by atoms with van der Waals surface area (Å²) >= 11 is 3.96. The van der Waals surface area contributed by atoms with Gasteiger partial charge in [0.2, 0.25) is 5.91 Å². The quantitative estimate of drug-likeness (QED) is 0.651. The van der Waals surface area contributed by atoms with E-state index in [-0.39, 0.29) is 21.5 Å². The van der Waals surface area contributed by atoms with Crippen LogP contribution in [0.5, 0.6) is 0 Å². The number of nitrogens with one attached hydrogen (secondary N) is 1. The molecule has 0 radical (unpaired) electrons. The normalized spacial score (nSPS) is 12.1. The molecule has 0 saturated heterocycles. The van der Waals surface area contributed by atoms with E-state index in [1.165, 1.54) is 6.07 Å². The highest BCUT2D eigenvalue weighted by molar-refractivity contribution is 9.10. The molecule has 24 heavy (non-hydrogen) atoms. The highest BCUT2D eigenvalue weighted by Gasteiger charge is 2.18. The third-order valence-electron chi connectivity index (χ3n) is 3.14. The molecule has 2 aromatic rings. The second kappa shape index (κ2) is 8.02. The molecule has 1 atom stereocenters. The minimum atomic E-state index is -0.923. The number of halogens is 5. The monoisotopic (exact) mass is 421 g/mol. The summed E-state index contributed by atoms with van der Waals surface area (Å²) in [7, 11) is 0. The number of anilines is 1. The maximum atomic E-state index is 13.7. The first kappa shape index (κ1) is 18.8. The summed E-state index contributed by atoms with van der Waals surface area (Å²) < 4.78 is 54.1. The Kier molecular flexibility index (Phi) is 6.28. The second-order valence-electron chi connectivity index (χ2n) is 4.88. The Labute approximate surface area is 148 Å². The van der Waals surface area contributed by atoms with Crippen molar-refractivity contribution in [2.45, 2.75) is 12.2 Å². The van der Waals surface area contributed by atoms with Gasteiger partial charge in [0.25, 0.3) is 0 Å². The van der Waals surface area contributed by atoms with Crippen molar-refractivity contribution in [2.24, 2.45) is 0 Å². The Morgan fingerprint density at radius 2 is 1.79 bits per heavy atom. The van der Waals surface area contributed by atoms with Gasteiger partial charge in [0.15, 0.2) is 5.82 Å². The molecule has 1 N–H and O–H groups in total. The summed E-state index contributed by atoms with van der Waals surface area (Å²) in [4.78, 5) is 11.9. The molecule has 0 fully saturated rings. The lowest BCUT2D eigenvalue weighted by atomic mass is 10.1. The molecular weight excluding hydrogens is 410 g/mol. The molecule has 0 heterocycles. The summed E-state index contributed by atoms with van der Waals surface area (Å²) in [5.74, 6) is -3.82. The Morgan fingerprint density at radius 3 is 2.38 bits per heavy atom. The maximum absolute atomic E-state index is 13.7. The zero-order chi connectivity index (χ0) is 17.9. The van der Waals surface area contributed by atoms with E-state index >= 15 is 0 Å². The molecular formula is C16H12BrF4NOS. The van der Waals surface area contributed by atoms with Crippen molar-refractivity contribution in [3.05, 3.63) is 63.6 Å². The minimum Gasteiger partial charge on any atom is -0.322 e. The molecule has 2 rings (SSSR count). The predicted octanol–water partition coefficient (Wildman–Crippen LogP) is 5.44. The van der Waals surface area contributed by atoms with E-state index in [2.05, 4.69) is 21.2 Å². The molecule has 0 aromatic heterocycles. The van der Waals surface area contributed by atoms with Crippen LogP contribution >= 0.6 is 27.7 Å². The van der Waals surface area contributed by atoms with E-state index < -0.39 is 34.4 Å². The average Bonchev–Trinajstić information content (AvgIpc) is 2.48. The molecule has 128 valence electrons. The summed E-state index contributed by atoms with van der Waals surface area (Å²) in [5.41, 5.74) is -0.309. The van der Waals surface area contributed by atoms with Gasteiger partial charge in [-0.05, 0) is 41.1 Å². The van der Waals surface area contributed by atoms with E-state index in [0.29, 0.717) is 6.07 Å². The van der Waals surface area contributed by atoms with E-state index in [1.807, 2.05) is 0 Å². The van der Waals surface area contributed by atoms with Crippen molar-refractivity contribution in [3.8, 4) is 0 Å². The van der Waals surface area contributed by atoms with Crippen molar-refractivity contribution in [1.29, 1.82) is 0 Å². The topological polar surface area (TPSA) is 29.1 Å². The van der Waals surface area contributed by atoms with Gasteiger partial charge < -0.3 is 5.32 Å². The van der Waals surface area contributed by atoms with Crippen LogP contribution in [-0.4, -0.2) is 11.7 Å². The highest BCUT2D eigenvalue weighted by Crippen LogP contribution is 2.32. The van der Waals surface area contributed by atoms with Crippen molar-refractivity contribution < 1.29 is 22.4 Å². The van der Waals surface area contributed by atoms with Gasteiger partial charge in [0.1, 0.15) is 17.5 Å². The van der Waals surface area contributed by atoms with Crippen molar-refractivity contribution in [3.63, 3.8) is 0 Å². The van der Waals surface area contributed by atoms with Gasteiger partial charge in [-0.25, -0.2) is 17.6 Å². The van der Waals surface area contributed by atoms with Crippen molar-refractivity contribution in [1.82, 2.24) is 0 Å². The number of rotatable bonds is 5. The fourth-order valence-electron chi connectivity index (χ4n) is 2.02. The third-order valence-corrected chi connectivity index (χ3v) is 4.93. The van der Waals surface area contributed by atoms with Gasteiger partial charge in [-0.1, -0.05) is 6.07 Å². The minimum absolute atomic E-state index is 0.0616.